The fourth-order valence-electron chi connectivity index (χ4n) is 0.0796. The van der Waals surface area contributed by atoms with E-state index < -0.39 is 0 Å². The van der Waals surface area contributed by atoms with Crippen molar-refractivity contribution in [2.75, 3.05) is 0 Å². The van der Waals surface area contributed by atoms with Gasteiger partial charge in [0.15, 0.2) is 0 Å². The van der Waals surface area contributed by atoms with Gasteiger partial charge in [0.05, 0.1) is 11.1 Å². The lowest BCUT2D eigenvalue weighted by Gasteiger charge is -1.94. The van der Waals surface area contributed by atoms with E-state index in [0.717, 1.165) is 0 Å². The maximum Gasteiger partial charge on any atom is 0.0720 e. The largest absolute Gasteiger partial charge is 0.411 e. The van der Waals surface area contributed by atoms with Gasteiger partial charge < -0.3 is 5.21 Å². The Labute approximate surface area is 59.9 Å². The third-order valence-corrected chi connectivity index (χ3v) is 1.05. The van der Waals surface area contributed by atoms with Crippen molar-refractivity contribution >= 4 is 29.7 Å². The molecule has 4 heteroatoms. The van der Waals surface area contributed by atoms with Crippen molar-refractivity contribution in [1.82, 2.24) is 0 Å². The van der Waals surface area contributed by atoms with E-state index in [0.29, 0.717) is 5.71 Å². The summed E-state index contributed by atoms with van der Waals surface area (Å²) in [5.74, 6) is 0. The SMILES string of the molecule is CC(=NO)C(C)Cl.Cl. The van der Waals surface area contributed by atoms with Crippen LogP contribution in [0.25, 0.3) is 0 Å². The monoisotopic (exact) mass is 157 g/mol. The molecular formula is C4H9Cl2NO. The number of rotatable bonds is 1. The van der Waals surface area contributed by atoms with Crippen LogP contribution < -0.4 is 0 Å². The van der Waals surface area contributed by atoms with E-state index in [1.165, 1.54) is 0 Å². The van der Waals surface area contributed by atoms with Gasteiger partial charge in [-0.2, -0.15) is 0 Å². The molecule has 1 atom stereocenters. The number of nitrogens with zero attached hydrogens (tertiary/aromatic N) is 1. The van der Waals surface area contributed by atoms with Crippen molar-refractivity contribution < 1.29 is 5.21 Å². The highest BCUT2D eigenvalue weighted by atomic mass is 35.5. The normalized spacial score (nSPS) is 14.6. The average molecular weight is 158 g/mol. The molecule has 0 aromatic heterocycles. The second-order valence-corrected chi connectivity index (χ2v) is 2.01. The molecule has 1 N–H and O–H groups in total. The molecule has 0 aliphatic rings. The predicted octanol–water partition coefficient (Wildman–Crippen LogP) is 1.89. The van der Waals surface area contributed by atoms with Crippen LogP contribution in [0.4, 0.5) is 0 Å². The van der Waals surface area contributed by atoms with E-state index in [1.807, 2.05) is 0 Å². The highest BCUT2D eigenvalue weighted by Crippen LogP contribution is 1.94. The summed E-state index contributed by atoms with van der Waals surface area (Å²) in [7, 11) is 0. The Morgan fingerprint density at radius 3 is 2.12 bits per heavy atom. The molecule has 0 aliphatic heterocycles. The second kappa shape index (κ2) is 5.19. The summed E-state index contributed by atoms with van der Waals surface area (Å²) in [5.41, 5.74) is 0.543. The molecule has 0 amide bonds. The quantitative estimate of drug-likeness (QED) is 0.268. The van der Waals surface area contributed by atoms with Crippen LogP contribution in [0.3, 0.4) is 0 Å². The summed E-state index contributed by atoms with van der Waals surface area (Å²) >= 11 is 5.44. The standard InChI is InChI=1S/C4H8ClNO.ClH/c1-3(5)4(2)6-7;/h3,7H,1-2H3;1H. The Morgan fingerprint density at radius 1 is 1.75 bits per heavy atom. The highest BCUT2D eigenvalue weighted by Gasteiger charge is 1.97. The maximum absolute atomic E-state index is 8.01. The summed E-state index contributed by atoms with van der Waals surface area (Å²) in [6.07, 6.45) is 0. The van der Waals surface area contributed by atoms with Crippen molar-refractivity contribution in [3.8, 4) is 0 Å². The average Bonchev–Trinajstić information content (AvgIpc) is 1.65. The smallest absolute Gasteiger partial charge is 0.0720 e. The number of hydrogen-bond acceptors (Lipinski definition) is 2. The number of halogens is 2. The predicted molar refractivity (Wildman–Crippen MR) is 37.5 cm³/mol. The van der Waals surface area contributed by atoms with Crippen LogP contribution in [0, 0.1) is 0 Å². The molecule has 0 aliphatic carbocycles. The first-order chi connectivity index (χ1) is 3.18. The molecule has 50 valence electrons. The topological polar surface area (TPSA) is 32.6 Å². The van der Waals surface area contributed by atoms with Crippen LogP contribution >= 0.6 is 24.0 Å². The lowest BCUT2D eigenvalue weighted by molar-refractivity contribution is 0.317. The van der Waals surface area contributed by atoms with Gasteiger partial charge in [-0.3, -0.25) is 0 Å². The fourth-order valence-corrected chi connectivity index (χ4v) is 0.123. The lowest BCUT2D eigenvalue weighted by Crippen LogP contribution is -2.03. The summed E-state index contributed by atoms with van der Waals surface area (Å²) in [6.45, 7) is 3.41. The van der Waals surface area contributed by atoms with E-state index >= 15 is 0 Å². The first-order valence-corrected chi connectivity index (χ1v) is 2.44. The number of oxime groups is 1. The number of hydrogen-bond donors (Lipinski definition) is 1. The van der Waals surface area contributed by atoms with E-state index in [-0.39, 0.29) is 17.8 Å². The van der Waals surface area contributed by atoms with Gasteiger partial charge in [0.25, 0.3) is 0 Å². The molecule has 0 saturated carbocycles. The molecule has 0 aromatic carbocycles. The van der Waals surface area contributed by atoms with Gasteiger partial charge in [0, 0.05) is 0 Å². The molecule has 0 spiro atoms. The van der Waals surface area contributed by atoms with Crippen molar-refractivity contribution in [1.29, 1.82) is 0 Å². The van der Waals surface area contributed by atoms with Gasteiger partial charge in [-0.25, -0.2) is 0 Å². The third-order valence-electron chi connectivity index (χ3n) is 0.733. The Kier molecular flexibility index (Phi) is 7.09. The molecular weight excluding hydrogens is 149 g/mol. The highest BCUT2D eigenvalue weighted by molar-refractivity contribution is 6.31. The molecule has 0 bridgehead atoms. The minimum Gasteiger partial charge on any atom is -0.411 e. The zero-order valence-corrected chi connectivity index (χ0v) is 6.33. The molecule has 0 heterocycles. The van der Waals surface area contributed by atoms with Crippen molar-refractivity contribution in [2.24, 2.45) is 5.16 Å². The van der Waals surface area contributed by atoms with Gasteiger partial charge in [-0.05, 0) is 13.8 Å². The molecule has 1 unspecified atom stereocenters. The molecule has 0 radical (unpaired) electrons. The summed E-state index contributed by atoms with van der Waals surface area (Å²) < 4.78 is 0. The third kappa shape index (κ3) is 4.22. The van der Waals surface area contributed by atoms with Crippen LogP contribution in [0.2, 0.25) is 0 Å². The van der Waals surface area contributed by atoms with Crippen LogP contribution in [0.5, 0.6) is 0 Å². The van der Waals surface area contributed by atoms with E-state index in [1.54, 1.807) is 13.8 Å². The van der Waals surface area contributed by atoms with Crippen LogP contribution in [0.15, 0.2) is 5.16 Å². The Hall–Kier alpha value is 0.0500. The zero-order valence-electron chi connectivity index (χ0n) is 4.76. The molecule has 0 rings (SSSR count). The van der Waals surface area contributed by atoms with Gasteiger partial charge >= 0.3 is 0 Å². The van der Waals surface area contributed by atoms with Crippen LogP contribution in [-0.2, 0) is 0 Å². The summed E-state index contributed by atoms with van der Waals surface area (Å²) in [4.78, 5) is 0. The van der Waals surface area contributed by atoms with Gasteiger partial charge in [-0.15, -0.1) is 24.0 Å². The Bertz CT molecular complexity index is 82.1. The summed E-state index contributed by atoms with van der Waals surface area (Å²) in [6, 6.07) is 0. The lowest BCUT2D eigenvalue weighted by atomic mass is 10.3. The molecule has 8 heavy (non-hydrogen) atoms. The molecule has 2 nitrogen and oxygen atoms in total. The fraction of sp³-hybridized carbons (Fsp3) is 0.750. The first kappa shape index (κ1) is 10.9. The Balaban J connectivity index is 0. The maximum atomic E-state index is 8.01. The van der Waals surface area contributed by atoms with Crippen molar-refractivity contribution in [3.63, 3.8) is 0 Å². The van der Waals surface area contributed by atoms with Crippen molar-refractivity contribution in [3.05, 3.63) is 0 Å². The van der Waals surface area contributed by atoms with Gasteiger partial charge in [0.1, 0.15) is 0 Å². The first-order valence-electron chi connectivity index (χ1n) is 2.01. The minimum atomic E-state index is -0.162. The molecule has 0 aromatic rings. The van der Waals surface area contributed by atoms with E-state index in [9.17, 15) is 0 Å². The van der Waals surface area contributed by atoms with Crippen LogP contribution in [-0.4, -0.2) is 16.3 Å². The van der Waals surface area contributed by atoms with Crippen molar-refractivity contribution in [2.45, 2.75) is 19.2 Å². The minimum absolute atomic E-state index is 0. The molecule has 0 saturated heterocycles. The molecule has 0 fully saturated rings. The van der Waals surface area contributed by atoms with Gasteiger partial charge in [-0.1, -0.05) is 5.16 Å². The van der Waals surface area contributed by atoms with E-state index in [2.05, 4.69) is 5.16 Å². The zero-order chi connectivity index (χ0) is 5.86. The summed E-state index contributed by atoms with van der Waals surface area (Å²) in [5, 5.41) is 10.7. The Morgan fingerprint density at radius 2 is 2.12 bits per heavy atom. The van der Waals surface area contributed by atoms with Crippen LogP contribution in [0.1, 0.15) is 13.8 Å². The number of alkyl halides is 1. The van der Waals surface area contributed by atoms with E-state index in [4.69, 9.17) is 16.8 Å². The van der Waals surface area contributed by atoms with Gasteiger partial charge in [0.2, 0.25) is 0 Å². The second-order valence-electron chi connectivity index (χ2n) is 1.36.